The van der Waals surface area contributed by atoms with Crippen LogP contribution in [-0.2, 0) is 19.1 Å². The fourth-order valence-electron chi connectivity index (χ4n) is 2.84. The third kappa shape index (κ3) is 3.05. The van der Waals surface area contributed by atoms with Crippen LogP contribution >= 0.6 is 11.6 Å². The third-order valence-electron chi connectivity index (χ3n) is 3.96. The molecule has 2 aromatic carbocycles. The Morgan fingerprint density at radius 1 is 1.08 bits per heavy atom. The lowest BCUT2D eigenvalue weighted by molar-refractivity contribution is -0.152. The van der Waals surface area contributed by atoms with E-state index in [9.17, 15) is 9.59 Å². The van der Waals surface area contributed by atoms with Crippen LogP contribution in [0.1, 0.15) is 23.0 Å². The van der Waals surface area contributed by atoms with Gasteiger partial charge >= 0.3 is 11.9 Å². The molecule has 0 fully saturated rings. The molecule has 0 saturated carbocycles. The number of carbonyl (C=O) groups is 2. The second-order valence-corrected chi connectivity index (χ2v) is 5.79. The number of hydrogen-bond donors (Lipinski definition) is 0. The zero-order valence-corrected chi connectivity index (χ0v) is 13.7. The van der Waals surface area contributed by atoms with Gasteiger partial charge in [0.2, 0.25) is 5.76 Å². The topological polar surface area (TPSA) is 52.6 Å². The summed E-state index contributed by atoms with van der Waals surface area (Å²) in [5, 5.41) is 0.526. The number of methoxy groups -OCH3 is 1. The first-order chi connectivity index (χ1) is 11.6. The van der Waals surface area contributed by atoms with Crippen molar-refractivity contribution in [1.29, 1.82) is 0 Å². The molecule has 0 radical (unpaired) electrons. The van der Waals surface area contributed by atoms with Gasteiger partial charge in [-0.3, -0.25) is 4.79 Å². The Morgan fingerprint density at radius 3 is 2.42 bits per heavy atom. The van der Waals surface area contributed by atoms with Crippen molar-refractivity contribution in [1.82, 2.24) is 0 Å². The Morgan fingerprint density at radius 2 is 1.75 bits per heavy atom. The van der Waals surface area contributed by atoms with Gasteiger partial charge in [-0.15, -0.1) is 0 Å². The van der Waals surface area contributed by atoms with Crippen LogP contribution in [0.25, 0.3) is 0 Å². The SMILES string of the molecule is COC(=O)C1=C[C@H](c2ccccc2Cl)[C@H](c2ccccc2)C(=O)O1. The summed E-state index contributed by atoms with van der Waals surface area (Å²) in [6, 6.07) is 16.5. The molecule has 0 bridgehead atoms. The van der Waals surface area contributed by atoms with E-state index >= 15 is 0 Å². The fourth-order valence-corrected chi connectivity index (χ4v) is 3.10. The van der Waals surface area contributed by atoms with Gasteiger partial charge in [0.25, 0.3) is 0 Å². The first-order valence-corrected chi connectivity index (χ1v) is 7.81. The minimum absolute atomic E-state index is 0.111. The van der Waals surface area contributed by atoms with Crippen LogP contribution in [-0.4, -0.2) is 19.0 Å². The Hall–Kier alpha value is -2.59. The first-order valence-electron chi connectivity index (χ1n) is 7.43. The number of rotatable bonds is 3. The first kappa shape index (κ1) is 16.3. The molecule has 0 amide bonds. The lowest BCUT2D eigenvalue weighted by atomic mass is 9.79. The van der Waals surface area contributed by atoms with Crippen molar-refractivity contribution < 1.29 is 19.1 Å². The van der Waals surface area contributed by atoms with Gasteiger partial charge < -0.3 is 9.47 Å². The van der Waals surface area contributed by atoms with Gasteiger partial charge in [-0.05, 0) is 23.3 Å². The van der Waals surface area contributed by atoms with Crippen molar-refractivity contribution >= 4 is 23.5 Å². The minimum atomic E-state index is -0.688. The molecule has 1 aliphatic rings. The second kappa shape index (κ2) is 6.89. The largest absolute Gasteiger partial charge is 0.463 e. The second-order valence-electron chi connectivity index (χ2n) is 5.38. The number of hydrogen-bond acceptors (Lipinski definition) is 4. The minimum Gasteiger partial charge on any atom is -0.463 e. The molecule has 0 aliphatic carbocycles. The van der Waals surface area contributed by atoms with Crippen LogP contribution in [0.5, 0.6) is 0 Å². The molecule has 0 saturated heterocycles. The highest BCUT2D eigenvalue weighted by Gasteiger charge is 2.38. The van der Waals surface area contributed by atoms with Crippen LogP contribution in [0.4, 0.5) is 0 Å². The molecule has 4 nitrogen and oxygen atoms in total. The summed E-state index contributed by atoms with van der Waals surface area (Å²) in [5.74, 6) is -2.31. The fraction of sp³-hybridized carbons (Fsp3) is 0.158. The lowest BCUT2D eigenvalue weighted by Crippen LogP contribution is -2.29. The highest BCUT2D eigenvalue weighted by molar-refractivity contribution is 6.31. The molecular weight excluding hydrogens is 328 g/mol. The lowest BCUT2D eigenvalue weighted by Gasteiger charge is -2.29. The average molecular weight is 343 g/mol. The highest BCUT2D eigenvalue weighted by Crippen LogP contribution is 2.42. The van der Waals surface area contributed by atoms with Gasteiger partial charge in [-0.25, -0.2) is 4.79 Å². The number of benzene rings is 2. The van der Waals surface area contributed by atoms with Crippen LogP contribution < -0.4 is 0 Å². The molecular formula is C19H15ClO4. The van der Waals surface area contributed by atoms with E-state index in [0.29, 0.717) is 5.02 Å². The van der Waals surface area contributed by atoms with Gasteiger partial charge in [0.1, 0.15) is 0 Å². The Labute approximate surface area is 144 Å². The summed E-state index contributed by atoms with van der Waals surface area (Å²) in [6.07, 6.45) is 1.60. The summed E-state index contributed by atoms with van der Waals surface area (Å²) < 4.78 is 9.88. The molecule has 2 atom stereocenters. The summed E-state index contributed by atoms with van der Waals surface area (Å²) >= 11 is 6.32. The summed E-state index contributed by atoms with van der Waals surface area (Å²) in [5.41, 5.74) is 1.55. The molecule has 0 aromatic heterocycles. The number of cyclic esters (lactones) is 1. The normalized spacial score (nSPS) is 20.1. The number of halogens is 1. The third-order valence-corrected chi connectivity index (χ3v) is 4.31. The van der Waals surface area contributed by atoms with Crippen LogP contribution in [0, 0.1) is 0 Å². The van der Waals surface area contributed by atoms with Crippen molar-refractivity contribution in [3.05, 3.63) is 82.6 Å². The summed E-state index contributed by atoms with van der Waals surface area (Å²) in [6.45, 7) is 0. The standard InChI is InChI=1S/C19H15ClO4/c1-23-18(21)16-11-14(13-9-5-6-10-15(13)20)17(19(22)24-16)12-7-3-2-4-8-12/h2-11,14,17H,1H3/t14-,17+/m1/s1. The van der Waals surface area contributed by atoms with E-state index in [4.69, 9.17) is 16.3 Å². The molecule has 1 aliphatic heterocycles. The number of ether oxygens (including phenoxy) is 2. The summed E-state index contributed by atoms with van der Waals surface area (Å²) in [4.78, 5) is 24.4. The van der Waals surface area contributed by atoms with Crippen LogP contribution in [0.2, 0.25) is 5.02 Å². The van der Waals surface area contributed by atoms with Crippen molar-refractivity contribution in [2.24, 2.45) is 0 Å². The van der Waals surface area contributed by atoms with Gasteiger partial charge in [-0.1, -0.05) is 60.1 Å². The van der Waals surface area contributed by atoms with E-state index in [0.717, 1.165) is 11.1 Å². The van der Waals surface area contributed by atoms with Crippen molar-refractivity contribution in [3.8, 4) is 0 Å². The monoisotopic (exact) mass is 342 g/mol. The van der Waals surface area contributed by atoms with Gasteiger partial charge in [0.05, 0.1) is 13.0 Å². The Kier molecular flexibility index (Phi) is 4.67. The number of esters is 2. The smallest absolute Gasteiger partial charge is 0.373 e. The van der Waals surface area contributed by atoms with Crippen LogP contribution in [0.15, 0.2) is 66.4 Å². The zero-order chi connectivity index (χ0) is 17.1. The molecule has 24 heavy (non-hydrogen) atoms. The molecule has 0 spiro atoms. The zero-order valence-electron chi connectivity index (χ0n) is 12.9. The van der Waals surface area contributed by atoms with E-state index in [1.807, 2.05) is 48.5 Å². The molecule has 5 heteroatoms. The Balaban J connectivity index is 2.14. The highest BCUT2D eigenvalue weighted by atomic mass is 35.5. The average Bonchev–Trinajstić information content (AvgIpc) is 2.61. The van der Waals surface area contributed by atoms with Crippen molar-refractivity contribution in [2.75, 3.05) is 7.11 Å². The van der Waals surface area contributed by atoms with Gasteiger partial charge in [0.15, 0.2) is 0 Å². The van der Waals surface area contributed by atoms with E-state index in [1.165, 1.54) is 7.11 Å². The van der Waals surface area contributed by atoms with Crippen LogP contribution in [0.3, 0.4) is 0 Å². The van der Waals surface area contributed by atoms with E-state index in [1.54, 1.807) is 12.1 Å². The maximum Gasteiger partial charge on any atom is 0.373 e. The molecule has 1 heterocycles. The maximum absolute atomic E-state index is 12.6. The number of carbonyl (C=O) groups excluding carboxylic acids is 2. The number of allylic oxidation sites excluding steroid dienone is 1. The predicted molar refractivity (Wildman–Crippen MR) is 89.6 cm³/mol. The molecule has 0 N–H and O–H groups in total. The van der Waals surface area contributed by atoms with E-state index in [2.05, 4.69) is 4.74 Å². The van der Waals surface area contributed by atoms with Crippen molar-refractivity contribution in [3.63, 3.8) is 0 Å². The van der Waals surface area contributed by atoms with E-state index < -0.39 is 23.8 Å². The molecule has 2 aromatic rings. The molecule has 3 rings (SSSR count). The molecule has 0 unspecified atom stereocenters. The van der Waals surface area contributed by atoms with Gasteiger partial charge in [0, 0.05) is 10.9 Å². The van der Waals surface area contributed by atoms with Crippen molar-refractivity contribution in [2.45, 2.75) is 11.8 Å². The molecule has 122 valence electrons. The summed E-state index contributed by atoms with van der Waals surface area (Å²) in [7, 11) is 1.24. The van der Waals surface area contributed by atoms with Gasteiger partial charge in [-0.2, -0.15) is 0 Å². The Bertz CT molecular complexity index is 798. The maximum atomic E-state index is 12.6. The quantitative estimate of drug-likeness (QED) is 0.796. The predicted octanol–water partition coefficient (Wildman–Crippen LogP) is 3.82. The van der Waals surface area contributed by atoms with E-state index in [-0.39, 0.29) is 5.76 Å².